The van der Waals surface area contributed by atoms with Crippen molar-refractivity contribution in [1.29, 1.82) is 0 Å². The number of carbonyl (C=O) groups excluding carboxylic acids is 4. The van der Waals surface area contributed by atoms with Gasteiger partial charge in [0.2, 0.25) is 0 Å². The predicted molar refractivity (Wildman–Crippen MR) is 139 cm³/mol. The van der Waals surface area contributed by atoms with E-state index in [1.807, 2.05) is 18.2 Å². The lowest BCUT2D eigenvalue weighted by molar-refractivity contribution is -0.132. The van der Waals surface area contributed by atoms with Crippen LogP contribution in [-0.4, -0.2) is 77.5 Å². The molecule has 1 aliphatic carbocycles. The number of aromatic nitrogens is 1. The van der Waals surface area contributed by atoms with Crippen molar-refractivity contribution in [1.82, 2.24) is 15.2 Å². The van der Waals surface area contributed by atoms with E-state index in [-0.39, 0.29) is 23.7 Å². The summed E-state index contributed by atoms with van der Waals surface area (Å²) in [5.41, 5.74) is 10.2. The van der Waals surface area contributed by atoms with E-state index < -0.39 is 47.6 Å². The van der Waals surface area contributed by atoms with Crippen molar-refractivity contribution in [2.75, 3.05) is 26.0 Å². The fourth-order valence-electron chi connectivity index (χ4n) is 5.14. The number of amides is 2. The number of rotatable bonds is 9. The number of ketones is 2. The SMILES string of the molecule is CO[C@]12C(NC(=O)OCCSSc3ccccn3)CCN1C1=C(C(=O)C(N)C(C)C1=O)C2/C=C/OC(N)=O. The van der Waals surface area contributed by atoms with Gasteiger partial charge in [-0.3, -0.25) is 9.59 Å². The molecule has 1 aromatic heterocycles. The molecule has 1 aromatic rings. The van der Waals surface area contributed by atoms with Gasteiger partial charge in [0.15, 0.2) is 17.3 Å². The van der Waals surface area contributed by atoms with Crippen LogP contribution >= 0.6 is 21.6 Å². The highest BCUT2D eigenvalue weighted by molar-refractivity contribution is 8.76. The first-order valence-corrected chi connectivity index (χ1v) is 14.2. The number of Topliss-reactive ketones (excluding diaryl/α,β-unsaturated/α-hetero) is 2. The van der Waals surface area contributed by atoms with Crippen molar-refractivity contribution in [3.05, 3.63) is 48.0 Å². The molecule has 12 nitrogen and oxygen atoms in total. The minimum atomic E-state index is -1.35. The van der Waals surface area contributed by atoms with E-state index >= 15 is 0 Å². The highest BCUT2D eigenvalue weighted by Gasteiger charge is 2.65. The van der Waals surface area contributed by atoms with E-state index in [1.165, 1.54) is 34.8 Å². The van der Waals surface area contributed by atoms with Crippen LogP contribution in [0.4, 0.5) is 9.59 Å². The Labute approximate surface area is 227 Å². The van der Waals surface area contributed by atoms with Crippen molar-refractivity contribution < 1.29 is 33.4 Å². The van der Waals surface area contributed by atoms with Gasteiger partial charge in [-0.2, -0.15) is 0 Å². The minimum absolute atomic E-state index is 0.153. The summed E-state index contributed by atoms with van der Waals surface area (Å²) in [5, 5.41) is 3.69. The van der Waals surface area contributed by atoms with E-state index in [1.54, 1.807) is 18.0 Å². The maximum atomic E-state index is 13.3. The zero-order valence-electron chi connectivity index (χ0n) is 20.8. The quantitative estimate of drug-likeness (QED) is 0.225. The first-order valence-electron chi connectivity index (χ1n) is 11.9. The van der Waals surface area contributed by atoms with Gasteiger partial charge in [0.05, 0.1) is 30.0 Å². The van der Waals surface area contributed by atoms with Crippen molar-refractivity contribution in [3.8, 4) is 0 Å². The van der Waals surface area contributed by atoms with E-state index in [0.29, 0.717) is 18.7 Å². The van der Waals surface area contributed by atoms with Gasteiger partial charge >= 0.3 is 12.2 Å². The molecule has 4 rings (SSSR count). The summed E-state index contributed by atoms with van der Waals surface area (Å²) in [5.74, 6) is -1.76. The summed E-state index contributed by atoms with van der Waals surface area (Å²) in [4.78, 5) is 56.4. The average molecular weight is 564 g/mol. The summed E-state index contributed by atoms with van der Waals surface area (Å²) < 4.78 is 16.1. The minimum Gasteiger partial charge on any atom is -0.449 e. The van der Waals surface area contributed by atoms with Crippen molar-refractivity contribution in [2.24, 2.45) is 23.3 Å². The number of hydrogen-bond acceptors (Lipinski definition) is 12. The van der Waals surface area contributed by atoms with Crippen molar-refractivity contribution >= 4 is 45.3 Å². The van der Waals surface area contributed by atoms with Gasteiger partial charge in [-0.1, -0.05) is 23.8 Å². The molecule has 14 heteroatoms. The maximum Gasteiger partial charge on any atom is 0.409 e. The Balaban J connectivity index is 1.49. The molecular weight excluding hydrogens is 534 g/mol. The van der Waals surface area contributed by atoms with Gasteiger partial charge in [0.1, 0.15) is 11.6 Å². The Morgan fingerprint density at radius 3 is 2.79 bits per heavy atom. The van der Waals surface area contributed by atoms with Crippen LogP contribution in [0, 0.1) is 11.8 Å². The second-order valence-corrected chi connectivity index (χ2v) is 11.3. The molecule has 2 amide bonds. The highest BCUT2D eigenvalue weighted by Crippen LogP contribution is 2.52. The van der Waals surface area contributed by atoms with Gasteiger partial charge in [-0.25, -0.2) is 14.6 Å². The largest absolute Gasteiger partial charge is 0.449 e. The normalized spacial score (nSPS) is 28.4. The van der Waals surface area contributed by atoms with Gasteiger partial charge in [-0.15, -0.1) is 0 Å². The number of nitrogens with one attached hydrogen (secondary N) is 1. The Kier molecular flexibility index (Phi) is 8.65. The molecule has 5 N–H and O–H groups in total. The van der Waals surface area contributed by atoms with Gasteiger partial charge < -0.3 is 35.9 Å². The molecule has 0 radical (unpaired) electrons. The Bertz CT molecular complexity index is 1160. The number of ether oxygens (including phenoxy) is 3. The number of fused-ring (bicyclic) bond motifs is 2. The van der Waals surface area contributed by atoms with Crippen LogP contribution in [0.25, 0.3) is 0 Å². The lowest BCUT2D eigenvalue weighted by Gasteiger charge is -2.41. The lowest BCUT2D eigenvalue weighted by atomic mass is 9.76. The number of carbonyl (C=O) groups is 4. The number of pyridine rings is 1. The Morgan fingerprint density at radius 2 is 2.11 bits per heavy atom. The highest BCUT2D eigenvalue weighted by atomic mass is 33.1. The summed E-state index contributed by atoms with van der Waals surface area (Å²) in [6.45, 7) is 2.09. The first-order chi connectivity index (χ1) is 18.2. The first kappa shape index (κ1) is 28.0. The molecular formula is C24H29N5O7S2. The number of nitrogens with zero attached hydrogens (tertiary/aromatic N) is 2. The van der Waals surface area contributed by atoms with Crippen LogP contribution in [-0.2, 0) is 23.8 Å². The number of hydrogen-bond donors (Lipinski definition) is 3. The summed E-state index contributed by atoms with van der Waals surface area (Å²) >= 11 is 0. The second-order valence-electron chi connectivity index (χ2n) is 8.85. The molecule has 0 aromatic carbocycles. The fourth-order valence-corrected chi connectivity index (χ4v) is 6.85. The third-order valence-corrected chi connectivity index (χ3v) is 9.08. The molecule has 204 valence electrons. The van der Waals surface area contributed by atoms with Gasteiger partial charge in [-0.05, 0) is 35.4 Å². The molecule has 1 saturated heterocycles. The zero-order chi connectivity index (χ0) is 27.4. The van der Waals surface area contributed by atoms with E-state index in [0.717, 1.165) is 11.3 Å². The average Bonchev–Trinajstić information content (AvgIpc) is 3.39. The summed E-state index contributed by atoms with van der Waals surface area (Å²) in [6, 6.07) is 3.92. The molecule has 1 fully saturated rings. The third kappa shape index (κ3) is 5.13. The number of primary amides is 1. The Morgan fingerprint density at radius 1 is 1.32 bits per heavy atom. The molecule has 2 aliphatic heterocycles. The topological polar surface area (TPSA) is 176 Å². The zero-order valence-corrected chi connectivity index (χ0v) is 22.5. The van der Waals surface area contributed by atoms with E-state index in [4.69, 9.17) is 25.7 Å². The van der Waals surface area contributed by atoms with Crippen LogP contribution in [0.15, 0.2) is 53.0 Å². The maximum absolute atomic E-state index is 13.3. The molecule has 4 unspecified atom stereocenters. The van der Waals surface area contributed by atoms with E-state index in [9.17, 15) is 19.2 Å². The molecule has 5 atom stereocenters. The second kappa shape index (κ2) is 11.8. The number of methoxy groups -OCH3 is 1. The van der Waals surface area contributed by atoms with Crippen molar-refractivity contribution in [2.45, 2.75) is 36.2 Å². The van der Waals surface area contributed by atoms with Crippen LogP contribution in [0.2, 0.25) is 0 Å². The van der Waals surface area contributed by atoms with Crippen molar-refractivity contribution in [3.63, 3.8) is 0 Å². The molecule has 3 heterocycles. The number of allylic oxidation sites excluding steroid dienone is 1. The van der Waals surface area contributed by atoms with E-state index in [2.05, 4.69) is 10.3 Å². The summed E-state index contributed by atoms with van der Waals surface area (Å²) in [7, 11) is 4.40. The van der Waals surface area contributed by atoms with Gasteiger partial charge in [0.25, 0.3) is 0 Å². The summed E-state index contributed by atoms with van der Waals surface area (Å²) in [6.07, 6.45) is 2.88. The van der Waals surface area contributed by atoms with Crippen LogP contribution in [0.5, 0.6) is 0 Å². The molecule has 38 heavy (non-hydrogen) atoms. The Hall–Kier alpha value is -3.07. The number of nitrogens with two attached hydrogens (primary N) is 2. The molecule has 0 spiro atoms. The molecule has 3 aliphatic rings. The van der Waals surface area contributed by atoms with Gasteiger partial charge in [0, 0.05) is 37.1 Å². The third-order valence-electron chi connectivity index (χ3n) is 6.85. The van der Waals surface area contributed by atoms with Crippen LogP contribution in [0.3, 0.4) is 0 Å². The monoisotopic (exact) mass is 563 g/mol. The molecule has 0 bridgehead atoms. The standard InChI is InChI=1S/C24H29N5O7S2/c1-13-18(25)21(31)17-14(7-10-35-22(26)32)24(34-2)15(6-9-29(24)19(17)20(13)30)28-23(33)36-11-12-37-38-16-5-3-4-8-27-16/h3-5,7-8,10,13-15,18H,6,9,11-12,25H2,1-2H3,(H2,26,32)(H,28,33)/b10-7+/t13?,14?,15?,18?,24-/m1/s1. The smallest absolute Gasteiger partial charge is 0.409 e. The molecule has 0 saturated carbocycles. The fraction of sp³-hybridized carbons (Fsp3) is 0.458. The number of alkyl carbamates (subject to hydrolysis) is 1. The van der Waals surface area contributed by atoms with Crippen LogP contribution < -0.4 is 16.8 Å². The predicted octanol–water partition coefficient (Wildman–Crippen LogP) is 1.57. The van der Waals surface area contributed by atoms with Crippen LogP contribution in [0.1, 0.15) is 13.3 Å². The lowest BCUT2D eigenvalue weighted by Crippen LogP contribution is -2.59.